The summed E-state index contributed by atoms with van der Waals surface area (Å²) < 4.78 is 38.1. The highest BCUT2D eigenvalue weighted by molar-refractivity contribution is 7.91. The molecular formula is C24H19FN2O2S. The van der Waals surface area contributed by atoms with Crippen molar-refractivity contribution < 1.29 is 12.8 Å². The van der Waals surface area contributed by atoms with Gasteiger partial charge in [-0.15, -0.1) is 0 Å². The van der Waals surface area contributed by atoms with E-state index in [1.54, 1.807) is 30.6 Å². The first-order chi connectivity index (χ1) is 14.5. The van der Waals surface area contributed by atoms with Gasteiger partial charge in [-0.05, 0) is 89.7 Å². The van der Waals surface area contributed by atoms with Gasteiger partial charge >= 0.3 is 0 Å². The normalized spacial score (nSPS) is 15.0. The molecule has 0 fully saturated rings. The molecule has 0 spiro atoms. The van der Waals surface area contributed by atoms with Crippen molar-refractivity contribution in [1.29, 1.82) is 0 Å². The number of nitrogens with zero attached hydrogens (tertiary/aromatic N) is 1. The summed E-state index contributed by atoms with van der Waals surface area (Å²) in [6, 6.07) is 17.8. The number of hydrogen-bond acceptors (Lipinski definition) is 3. The maximum Gasteiger partial charge on any atom is 0.178 e. The van der Waals surface area contributed by atoms with Crippen molar-refractivity contribution in [3.05, 3.63) is 84.4 Å². The largest absolute Gasteiger partial charge is 0.354 e. The smallest absolute Gasteiger partial charge is 0.178 e. The monoisotopic (exact) mass is 418 g/mol. The minimum Gasteiger partial charge on any atom is -0.354 e. The van der Waals surface area contributed by atoms with E-state index in [1.165, 1.54) is 12.1 Å². The molecule has 150 valence electrons. The lowest BCUT2D eigenvalue weighted by molar-refractivity contribution is 0.586. The fraction of sp³-hybridized carbons (Fsp3) is 0.125. The Bertz CT molecular complexity index is 1330. The van der Waals surface area contributed by atoms with E-state index in [0.717, 1.165) is 45.6 Å². The molecule has 4 aromatic rings. The number of H-pyrrole nitrogens is 1. The van der Waals surface area contributed by atoms with Crippen LogP contribution >= 0.6 is 0 Å². The summed E-state index contributed by atoms with van der Waals surface area (Å²) in [7, 11) is -3.19. The molecule has 2 aromatic heterocycles. The van der Waals surface area contributed by atoms with E-state index in [1.807, 2.05) is 30.3 Å². The summed E-state index contributed by atoms with van der Waals surface area (Å²) in [6.45, 7) is 0. The molecule has 0 unspecified atom stereocenters. The Kier molecular flexibility index (Phi) is 4.51. The van der Waals surface area contributed by atoms with Gasteiger partial charge in [-0.3, -0.25) is 4.98 Å². The van der Waals surface area contributed by atoms with Gasteiger partial charge in [0.1, 0.15) is 5.82 Å². The van der Waals surface area contributed by atoms with Crippen molar-refractivity contribution in [3.63, 3.8) is 0 Å². The van der Waals surface area contributed by atoms with Crippen LogP contribution in [-0.4, -0.2) is 24.1 Å². The number of rotatable bonds is 3. The molecule has 1 aliphatic rings. The van der Waals surface area contributed by atoms with Crippen molar-refractivity contribution in [2.45, 2.75) is 17.7 Å². The zero-order valence-electron chi connectivity index (χ0n) is 16.1. The van der Waals surface area contributed by atoms with E-state index in [2.05, 4.69) is 9.97 Å². The Morgan fingerprint density at radius 2 is 1.60 bits per heavy atom. The first-order valence-electron chi connectivity index (χ1n) is 9.77. The highest BCUT2D eigenvalue weighted by atomic mass is 32.2. The second-order valence-electron chi connectivity index (χ2n) is 7.46. The molecule has 0 saturated heterocycles. The van der Waals surface area contributed by atoms with Crippen LogP contribution in [0.1, 0.15) is 12.0 Å². The highest BCUT2D eigenvalue weighted by Gasteiger charge is 2.24. The van der Waals surface area contributed by atoms with Crippen molar-refractivity contribution in [1.82, 2.24) is 9.97 Å². The topological polar surface area (TPSA) is 62.8 Å². The number of pyridine rings is 1. The molecule has 0 aliphatic carbocycles. The lowest BCUT2D eigenvalue weighted by Crippen LogP contribution is -2.15. The third-order valence-electron chi connectivity index (χ3n) is 5.51. The lowest BCUT2D eigenvalue weighted by atomic mass is 10.0. The SMILES string of the molecule is O=S1(=O)CCCc2cc(-c3cc(-c4ccncc4)c(-c4ccc(F)cc4)[nH]3)ccc21. The standard InChI is InChI=1S/C24H19FN2O2S/c25-20-6-3-17(4-7-20)24-21(16-9-11-26-12-10-16)15-22(27-24)18-5-8-23-19(14-18)2-1-13-30(23,28)29/h3-12,14-15,27H,1-2,13H2. The van der Waals surface area contributed by atoms with Gasteiger partial charge in [0, 0.05) is 23.7 Å². The van der Waals surface area contributed by atoms with Crippen LogP contribution in [0.2, 0.25) is 0 Å². The van der Waals surface area contributed by atoms with Crippen LogP contribution in [-0.2, 0) is 16.3 Å². The third-order valence-corrected chi connectivity index (χ3v) is 7.40. The molecular weight excluding hydrogens is 399 g/mol. The van der Waals surface area contributed by atoms with Gasteiger partial charge in [-0.2, -0.15) is 0 Å². The van der Waals surface area contributed by atoms with Crippen molar-refractivity contribution in [2.75, 3.05) is 5.75 Å². The van der Waals surface area contributed by atoms with Gasteiger partial charge < -0.3 is 4.98 Å². The number of aromatic nitrogens is 2. The molecule has 1 aliphatic heterocycles. The summed E-state index contributed by atoms with van der Waals surface area (Å²) in [5, 5.41) is 0. The first kappa shape index (κ1) is 18.8. The zero-order valence-corrected chi connectivity index (χ0v) is 16.9. The number of sulfone groups is 1. The Morgan fingerprint density at radius 3 is 2.37 bits per heavy atom. The molecule has 0 amide bonds. The van der Waals surface area contributed by atoms with E-state index < -0.39 is 9.84 Å². The maximum absolute atomic E-state index is 13.5. The van der Waals surface area contributed by atoms with Crippen LogP contribution in [0.5, 0.6) is 0 Å². The maximum atomic E-state index is 13.5. The minimum absolute atomic E-state index is 0.211. The molecule has 0 bridgehead atoms. The molecule has 0 saturated carbocycles. The Hall–Kier alpha value is -3.25. The van der Waals surface area contributed by atoms with E-state index in [4.69, 9.17) is 0 Å². The second-order valence-corrected chi connectivity index (χ2v) is 9.54. The minimum atomic E-state index is -3.19. The van der Waals surface area contributed by atoms with E-state index in [9.17, 15) is 12.8 Å². The molecule has 6 heteroatoms. The average molecular weight is 418 g/mol. The van der Waals surface area contributed by atoms with Gasteiger partial charge in [-0.25, -0.2) is 12.8 Å². The predicted molar refractivity (Wildman–Crippen MR) is 115 cm³/mol. The summed E-state index contributed by atoms with van der Waals surface area (Å²) in [5.41, 5.74) is 6.39. The fourth-order valence-corrected chi connectivity index (χ4v) is 5.60. The van der Waals surface area contributed by atoms with E-state index in [0.29, 0.717) is 11.3 Å². The molecule has 0 atom stereocenters. The first-order valence-corrected chi connectivity index (χ1v) is 11.4. The fourth-order valence-electron chi connectivity index (χ4n) is 4.02. The number of benzene rings is 2. The Labute approximate surface area is 174 Å². The van der Waals surface area contributed by atoms with Crippen LogP contribution in [0.15, 0.2) is 78.0 Å². The summed E-state index contributed by atoms with van der Waals surface area (Å²) in [4.78, 5) is 8.00. The number of aryl methyl sites for hydroxylation is 1. The van der Waals surface area contributed by atoms with Gasteiger partial charge in [0.25, 0.3) is 0 Å². The summed E-state index contributed by atoms with van der Waals surface area (Å²) in [6.07, 6.45) is 4.87. The molecule has 2 aromatic carbocycles. The van der Waals surface area contributed by atoms with Gasteiger partial charge in [0.05, 0.1) is 16.3 Å². The van der Waals surface area contributed by atoms with E-state index >= 15 is 0 Å². The van der Waals surface area contributed by atoms with Crippen molar-refractivity contribution >= 4 is 9.84 Å². The number of hydrogen-bond donors (Lipinski definition) is 1. The Morgan fingerprint density at radius 1 is 0.867 bits per heavy atom. The second kappa shape index (κ2) is 7.22. The van der Waals surface area contributed by atoms with Gasteiger partial charge in [0.2, 0.25) is 0 Å². The average Bonchev–Trinajstić information content (AvgIpc) is 3.20. The molecule has 3 heterocycles. The molecule has 1 N–H and O–H groups in total. The van der Waals surface area contributed by atoms with Crippen LogP contribution in [0.25, 0.3) is 33.6 Å². The molecule has 5 rings (SSSR count). The molecule has 4 nitrogen and oxygen atoms in total. The Balaban J connectivity index is 1.66. The summed E-state index contributed by atoms with van der Waals surface area (Å²) in [5.74, 6) is -0.0742. The van der Waals surface area contributed by atoms with Crippen LogP contribution in [0, 0.1) is 5.82 Å². The van der Waals surface area contributed by atoms with Crippen LogP contribution in [0.4, 0.5) is 4.39 Å². The lowest BCUT2D eigenvalue weighted by Gasteiger charge is -2.16. The quantitative estimate of drug-likeness (QED) is 0.493. The van der Waals surface area contributed by atoms with Gasteiger partial charge in [-0.1, -0.05) is 6.07 Å². The molecule has 0 radical (unpaired) electrons. The highest BCUT2D eigenvalue weighted by Crippen LogP contribution is 2.37. The predicted octanol–water partition coefficient (Wildman–Crippen LogP) is 5.27. The number of halogens is 1. The zero-order chi connectivity index (χ0) is 20.7. The van der Waals surface area contributed by atoms with Crippen LogP contribution in [0.3, 0.4) is 0 Å². The van der Waals surface area contributed by atoms with Crippen molar-refractivity contribution in [3.8, 4) is 33.6 Å². The van der Waals surface area contributed by atoms with Gasteiger partial charge in [0.15, 0.2) is 9.84 Å². The van der Waals surface area contributed by atoms with Crippen molar-refractivity contribution in [2.24, 2.45) is 0 Å². The number of fused-ring (bicyclic) bond motifs is 1. The number of aromatic amines is 1. The third kappa shape index (κ3) is 3.33. The summed E-state index contributed by atoms with van der Waals surface area (Å²) >= 11 is 0. The van der Waals surface area contributed by atoms with Crippen LogP contribution < -0.4 is 0 Å². The van der Waals surface area contributed by atoms with E-state index in [-0.39, 0.29) is 11.6 Å². The molecule has 30 heavy (non-hydrogen) atoms. The number of nitrogens with one attached hydrogen (secondary N) is 1.